The number of benzene rings is 1. The lowest BCUT2D eigenvalue weighted by atomic mass is 10.0. The number of piperidine rings is 1. The average Bonchev–Trinajstić information content (AvgIpc) is 2.46. The van der Waals surface area contributed by atoms with E-state index in [2.05, 4.69) is 17.1 Å². The highest BCUT2D eigenvalue weighted by atomic mass is 19.1. The maximum atomic E-state index is 13.3. The van der Waals surface area contributed by atoms with Gasteiger partial charge in [0, 0.05) is 31.3 Å². The fourth-order valence-electron chi connectivity index (χ4n) is 2.69. The predicted molar refractivity (Wildman–Crippen MR) is 81.0 cm³/mol. The summed E-state index contributed by atoms with van der Waals surface area (Å²) in [7, 11) is 0. The summed E-state index contributed by atoms with van der Waals surface area (Å²) >= 11 is 0. The van der Waals surface area contributed by atoms with Gasteiger partial charge in [-0.3, -0.25) is 10.1 Å². The maximum Gasteiger partial charge on any atom is 0.292 e. The van der Waals surface area contributed by atoms with E-state index in [1.54, 1.807) is 0 Å². The number of rotatable bonds is 6. The van der Waals surface area contributed by atoms with E-state index >= 15 is 0 Å². The van der Waals surface area contributed by atoms with Gasteiger partial charge in [-0.25, -0.2) is 4.39 Å². The zero-order chi connectivity index (χ0) is 15.2. The maximum absolute atomic E-state index is 13.3. The van der Waals surface area contributed by atoms with E-state index in [4.69, 9.17) is 0 Å². The molecule has 2 rings (SSSR count). The normalized spacial score (nSPS) is 16.9. The Hall–Kier alpha value is -1.69. The van der Waals surface area contributed by atoms with Gasteiger partial charge in [-0.2, -0.15) is 0 Å². The van der Waals surface area contributed by atoms with Gasteiger partial charge >= 0.3 is 0 Å². The lowest BCUT2D eigenvalue weighted by molar-refractivity contribution is -0.384. The fourth-order valence-corrected chi connectivity index (χ4v) is 2.69. The molecular formula is C15H22FN3O2. The van der Waals surface area contributed by atoms with Crippen LogP contribution < -0.4 is 5.32 Å². The Labute approximate surface area is 124 Å². The van der Waals surface area contributed by atoms with Crippen LogP contribution in [0.1, 0.15) is 32.6 Å². The van der Waals surface area contributed by atoms with E-state index in [1.807, 2.05) is 0 Å². The average molecular weight is 295 g/mol. The summed E-state index contributed by atoms with van der Waals surface area (Å²) in [6, 6.07) is 3.72. The van der Waals surface area contributed by atoms with Crippen LogP contribution in [0.3, 0.4) is 0 Å². The molecule has 0 saturated carbocycles. The Kier molecular flexibility index (Phi) is 5.50. The van der Waals surface area contributed by atoms with Crippen LogP contribution in [0.5, 0.6) is 0 Å². The molecule has 1 N–H and O–H groups in total. The molecule has 0 radical (unpaired) electrons. The van der Waals surface area contributed by atoms with Crippen LogP contribution in [0.25, 0.3) is 0 Å². The summed E-state index contributed by atoms with van der Waals surface area (Å²) in [5.74, 6) is -0.455. The molecule has 1 heterocycles. The number of hydrogen-bond acceptors (Lipinski definition) is 4. The molecule has 1 aliphatic rings. The molecule has 21 heavy (non-hydrogen) atoms. The number of nitrogens with zero attached hydrogens (tertiary/aromatic N) is 2. The highest BCUT2D eigenvalue weighted by Gasteiger charge is 2.22. The van der Waals surface area contributed by atoms with Crippen LogP contribution in [-0.2, 0) is 0 Å². The monoisotopic (exact) mass is 295 g/mol. The fraction of sp³-hybridized carbons (Fsp3) is 0.600. The van der Waals surface area contributed by atoms with Crippen molar-refractivity contribution in [3.63, 3.8) is 0 Å². The summed E-state index contributed by atoms with van der Waals surface area (Å²) in [4.78, 5) is 12.9. The largest absolute Gasteiger partial charge is 0.377 e. The van der Waals surface area contributed by atoms with Crippen molar-refractivity contribution < 1.29 is 9.31 Å². The molecule has 0 unspecified atom stereocenters. The molecule has 1 aliphatic heterocycles. The standard InChI is InChI=1S/C15H22FN3O2/c1-2-3-8-18-9-6-13(7-10-18)17-14-11-12(16)4-5-15(14)19(20)21/h4-5,11,13,17H,2-3,6-10H2,1H3. The number of hydrogen-bond donors (Lipinski definition) is 1. The Morgan fingerprint density at radius 1 is 1.43 bits per heavy atom. The second kappa shape index (κ2) is 7.36. The van der Waals surface area contributed by atoms with Crippen LogP contribution >= 0.6 is 0 Å². The van der Waals surface area contributed by atoms with Crippen molar-refractivity contribution in [3.8, 4) is 0 Å². The van der Waals surface area contributed by atoms with E-state index in [9.17, 15) is 14.5 Å². The smallest absolute Gasteiger partial charge is 0.292 e. The first kappa shape index (κ1) is 15.7. The van der Waals surface area contributed by atoms with Crippen LogP contribution in [0.4, 0.5) is 15.8 Å². The molecule has 5 nitrogen and oxygen atoms in total. The van der Waals surface area contributed by atoms with Crippen LogP contribution in [0.2, 0.25) is 0 Å². The van der Waals surface area contributed by atoms with E-state index in [0.717, 1.165) is 38.5 Å². The molecule has 1 saturated heterocycles. The van der Waals surface area contributed by atoms with Gasteiger partial charge in [0.25, 0.3) is 5.69 Å². The summed E-state index contributed by atoms with van der Waals surface area (Å²) in [5.41, 5.74) is 0.219. The molecule has 0 atom stereocenters. The third-order valence-corrected chi connectivity index (χ3v) is 3.93. The zero-order valence-corrected chi connectivity index (χ0v) is 12.3. The highest BCUT2D eigenvalue weighted by Crippen LogP contribution is 2.27. The van der Waals surface area contributed by atoms with Crippen molar-refractivity contribution in [2.75, 3.05) is 25.0 Å². The zero-order valence-electron chi connectivity index (χ0n) is 12.3. The van der Waals surface area contributed by atoms with Crippen molar-refractivity contribution in [2.45, 2.75) is 38.6 Å². The van der Waals surface area contributed by atoms with Crippen LogP contribution in [-0.4, -0.2) is 35.5 Å². The number of unbranched alkanes of at least 4 members (excludes halogenated alkanes) is 1. The Bertz CT molecular complexity index is 488. The molecule has 1 aromatic carbocycles. The van der Waals surface area contributed by atoms with Gasteiger partial charge in [-0.15, -0.1) is 0 Å². The minimum atomic E-state index is -0.474. The molecule has 116 valence electrons. The Morgan fingerprint density at radius 3 is 2.76 bits per heavy atom. The number of nitrogens with one attached hydrogen (secondary N) is 1. The molecule has 0 aromatic heterocycles. The van der Waals surface area contributed by atoms with Crippen LogP contribution in [0, 0.1) is 15.9 Å². The van der Waals surface area contributed by atoms with E-state index in [0.29, 0.717) is 0 Å². The van der Waals surface area contributed by atoms with Gasteiger partial charge in [0.15, 0.2) is 0 Å². The van der Waals surface area contributed by atoms with Crippen molar-refractivity contribution in [1.29, 1.82) is 0 Å². The molecule has 1 fully saturated rings. The molecule has 0 amide bonds. The summed E-state index contributed by atoms with van der Waals surface area (Å²) < 4.78 is 13.3. The third-order valence-electron chi connectivity index (χ3n) is 3.93. The summed E-state index contributed by atoms with van der Waals surface area (Å²) in [5, 5.41) is 14.1. The molecule has 0 bridgehead atoms. The first-order chi connectivity index (χ1) is 10.1. The first-order valence-corrected chi connectivity index (χ1v) is 7.53. The highest BCUT2D eigenvalue weighted by molar-refractivity contribution is 5.61. The number of likely N-dealkylation sites (tertiary alicyclic amines) is 1. The molecule has 1 aromatic rings. The summed E-state index contributed by atoms with van der Waals surface area (Å²) in [6.07, 6.45) is 4.25. The predicted octanol–water partition coefficient (Wildman–Crippen LogP) is 3.41. The van der Waals surface area contributed by atoms with Crippen molar-refractivity contribution >= 4 is 11.4 Å². The van der Waals surface area contributed by atoms with Crippen LogP contribution in [0.15, 0.2) is 18.2 Å². The molecule has 6 heteroatoms. The number of nitro benzene ring substituents is 1. The minimum Gasteiger partial charge on any atom is -0.377 e. The van der Waals surface area contributed by atoms with Gasteiger partial charge in [0.05, 0.1) is 4.92 Å². The van der Waals surface area contributed by atoms with Gasteiger partial charge in [0.2, 0.25) is 0 Å². The second-order valence-electron chi connectivity index (χ2n) is 5.53. The lowest BCUT2D eigenvalue weighted by Gasteiger charge is -2.32. The quantitative estimate of drug-likeness (QED) is 0.645. The van der Waals surface area contributed by atoms with E-state index < -0.39 is 10.7 Å². The Balaban J connectivity index is 1.94. The SMILES string of the molecule is CCCCN1CCC(Nc2cc(F)ccc2[N+](=O)[O-])CC1. The van der Waals surface area contributed by atoms with Crippen molar-refractivity contribution in [3.05, 3.63) is 34.1 Å². The lowest BCUT2D eigenvalue weighted by Crippen LogP contribution is -2.39. The van der Waals surface area contributed by atoms with Gasteiger partial charge < -0.3 is 10.2 Å². The summed E-state index contributed by atoms with van der Waals surface area (Å²) in [6.45, 7) is 5.27. The Morgan fingerprint density at radius 2 is 2.14 bits per heavy atom. The van der Waals surface area contributed by atoms with E-state index in [-0.39, 0.29) is 17.4 Å². The first-order valence-electron chi connectivity index (χ1n) is 7.53. The topological polar surface area (TPSA) is 58.4 Å². The van der Waals surface area contributed by atoms with Crippen molar-refractivity contribution in [1.82, 2.24) is 4.90 Å². The molecule has 0 spiro atoms. The van der Waals surface area contributed by atoms with E-state index in [1.165, 1.54) is 25.0 Å². The van der Waals surface area contributed by atoms with Gasteiger partial charge in [0.1, 0.15) is 11.5 Å². The van der Waals surface area contributed by atoms with Crippen molar-refractivity contribution in [2.24, 2.45) is 0 Å². The van der Waals surface area contributed by atoms with Gasteiger partial charge in [-0.1, -0.05) is 13.3 Å². The molecule has 0 aliphatic carbocycles. The minimum absolute atomic E-state index is 0.0650. The third kappa shape index (κ3) is 4.39. The number of nitro groups is 1. The number of halogens is 1. The second-order valence-corrected chi connectivity index (χ2v) is 5.53. The van der Waals surface area contributed by atoms with Gasteiger partial charge in [-0.05, 0) is 31.9 Å². The number of anilines is 1. The molecular weight excluding hydrogens is 273 g/mol.